The van der Waals surface area contributed by atoms with Gasteiger partial charge in [0.1, 0.15) is 5.69 Å². The number of benzene rings is 1. The quantitative estimate of drug-likeness (QED) is 0.658. The van der Waals surface area contributed by atoms with E-state index in [0.717, 1.165) is 10.9 Å². The highest BCUT2D eigenvalue weighted by Crippen LogP contribution is 2.16. The van der Waals surface area contributed by atoms with Crippen LogP contribution in [0, 0.1) is 5.82 Å². The molecule has 0 radical (unpaired) electrons. The SMILES string of the molecule is O=C(c1ccc2ncccc2c1)c1ncccc1F. The number of aromatic nitrogens is 2. The number of hydrogen-bond donors (Lipinski definition) is 0. The first kappa shape index (κ1) is 11.5. The first-order valence-corrected chi connectivity index (χ1v) is 5.76. The predicted octanol–water partition coefficient (Wildman–Crippen LogP) is 3.00. The van der Waals surface area contributed by atoms with Crippen molar-refractivity contribution in [3.63, 3.8) is 0 Å². The second-order valence-corrected chi connectivity index (χ2v) is 4.07. The number of fused-ring (bicyclic) bond motifs is 1. The minimum Gasteiger partial charge on any atom is -0.287 e. The van der Waals surface area contributed by atoms with E-state index in [1.807, 2.05) is 6.07 Å². The first-order chi connectivity index (χ1) is 9.25. The van der Waals surface area contributed by atoms with Gasteiger partial charge in [0.25, 0.3) is 0 Å². The lowest BCUT2D eigenvalue weighted by Crippen LogP contribution is -2.06. The molecule has 0 bridgehead atoms. The summed E-state index contributed by atoms with van der Waals surface area (Å²) in [6.07, 6.45) is 3.08. The molecule has 3 nitrogen and oxygen atoms in total. The summed E-state index contributed by atoms with van der Waals surface area (Å²) in [4.78, 5) is 20.2. The van der Waals surface area contributed by atoms with E-state index in [0.29, 0.717) is 5.56 Å². The molecule has 3 rings (SSSR count). The van der Waals surface area contributed by atoms with Crippen molar-refractivity contribution in [2.45, 2.75) is 0 Å². The van der Waals surface area contributed by atoms with Crippen LogP contribution in [0.2, 0.25) is 0 Å². The van der Waals surface area contributed by atoms with E-state index in [4.69, 9.17) is 0 Å². The van der Waals surface area contributed by atoms with Crippen LogP contribution >= 0.6 is 0 Å². The molecule has 0 spiro atoms. The number of carbonyl (C=O) groups excluding carboxylic acids is 1. The number of pyridine rings is 2. The van der Waals surface area contributed by atoms with E-state index >= 15 is 0 Å². The molecule has 4 heteroatoms. The minimum atomic E-state index is -0.612. The Morgan fingerprint density at radius 2 is 1.79 bits per heavy atom. The van der Waals surface area contributed by atoms with Crippen LogP contribution in [0.15, 0.2) is 54.9 Å². The Morgan fingerprint density at radius 1 is 1.00 bits per heavy atom. The van der Waals surface area contributed by atoms with Gasteiger partial charge in [-0.15, -0.1) is 0 Å². The van der Waals surface area contributed by atoms with Crippen LogP contribution in [0.1, 0.15) is 16.1 Å². The second kappa shape index (κ2) is 4.57. The van der Waals surface area contributed by atoms with Crippen LogP contribution in [-0.4, -0.2) is 15.8 Å². The van der Waals surface area contributed by atoms with Crippen molar-refractivity contribution in [2.75, 3.05) is 0 Å². The highest BCUT2D eigenvalue weighted by atomic mass is 19.1. The van der Waals surface area contributed by atoms with Gasteiger partial charge in [0.2, 0.25) is 5.78 Å². The number of halogens is 1. The Bertz CT molecular complexity index is 771. The monoisotopic (exact) mass is 252 g/mol. The highest BCUT2D eigenvalue weighted by Gasteiger charge is 2.15. The van der Waals surface area contributed by atoms with E-state index in [9.17, 15) is 9.18 Å². The van der Waals surface area contributed by atoms with Gasteiger partial charge < -0.3 is 0 Å². The Labute approximate surface area is 108 Å². The van der Waals surface area contributed by atoms with Crippen molar-refractivity contribution in [3.05, 3.63) is 71.9 Å². The molecule has 3 aromatic rings. The summed E-state index contributed by atoms with van der Waals surface area (Å²) in [5, 5.41) is 0.838. The molecular weight excluding hydrogens is 243 g/mol. The Morgan fingerprint density at radius 3 is 2.63 bits per heavy atom. The van der Waals surface area contributed by atoms with Gasteiger partial charge in [-0.05, 0) is 36.4 Å². The largest absolute Gasteiger partial charge is 0.287 e. The fraction of sp³-hybridized carbons (Fsp3) is 0. The van der Waals surface area contributed by atoms with Gasteiger partial charge in [-0.1, -0.05) is 6.07 Å². The summed E-state index contributed by atoms with van der Waals surface area (Å²) in [6, 6.07) is 11.4. The first-order valence-electron chi connectivity index (χ1n) is 5.76. The van der Waals surface area contributed by atoms with E-state index in [1.54, 1.807) is 30.5 Å². The second-order valence-electron chi connectivity index (χ2n) is 4.07. The summed E-state index contributed by atoms with van der Waals surface area (Å²) in [5.41, 5.74) is 1.03. The van der Waals surface area contributed by atoms with Crippen LogP contribution in [0.4, 0.5) is 4.39 Å². The number of ketones is 1. The number of rotatable bonds is 2. The molecule has 2 heterocycles. The molecular formula is C15H9FN2O. The average molecular weight is 252 g/mol. The summed E-state index contributed by atoms with van der Waals surface area (Å²) >= 11 is 0. The summed E-state index contributed by atoms with van der Waals surface area (Å²) < 4.78 is 13.5. The Hall–Kier alpha value is -2.62. The molecule has 0 N–H and O–H groups in total. The van der Waals surface area contributed by atoms with Crippen LogP contribution < -0.4 is 0 Å². The standard InChI is InChI=1S/C15H9FN2O/c16-12-4-2-8-18-14(12)15(19)11-5-6-13-10(9-11)3-1-7-17-13/h1-9H. The average Bonchev–Trinajstić information content (AvgIpc) is 2.46. The van der Waals surface area contributed by atoms with Crippen LogP contribution in [0.25, 0.3) is 10.9 Å². The molecule has 1 aromatic carbocycles. The molecule has 0 aliphatic rings. The van der Waals surface area contributed by atoms with E-state index in [-0.39, 0.29) is 5.69 Å². The molecule has 0 amide bonds. The molecule has 2 aromatic heterocycles. The lowest BCUT2D eigenvalue weighted by molar-refractivity contribution is 0.103. The summed E-state index contributed by atoms with van der Waals surface area (Å²) in [7, 11) is 0. The van der Waals surface area contributed by atoms with Gasteiger partial charge in [0.15, 0.2) is 5.82 Å². The van der Waals surface area contributed by atoms with Gasteiger partial charge in [-0.3, -0.25) is 9.78 Å². The maximum Gasteiger partial charge on any atom is 0.214 e. The molecule has 0 unspecified atom stereocenters. The zero-order chi connectivity index (χ0) is 13.2. The third-order valence-corrected chi connectivity index (χ3v) is 2.84. The van der Waals surface area contributed by atoms with Gasteiger partial charge >= 0.3 is 0 Å². The Kier molecular flexibility index (Phi) is 2.76. The molecule has 92 valence electrons. The zero-order valence-corrected chi connectivity index (χ0v) is 9.88. The van der Waals surface area contributed by atoms with Crippen LogP contribution in [-0.2, 0) is 0 Å². The van der Waals surface area contributed by atoms with Crippen molar-refractivity contribution in [1.29, 1.82) is 0 Å². The fourth-order valence-electron chi connectivity index (χ4n) is 1.91. The third-order valence-electron chi connectivity index (χ3n) is 2.84. The number of carbonyl (C=O) groups is 1. The predicted molar refractivity (Wildman–Crippen MR) is 69.4 cm³/mol. The van der Waals surface area contributed by atoms with Crippen LogP contribution in [0.5, 0.6) is 0 Å². The van der Waals surface area contributed by atoms with Crippen molar-refractivity contribution in [3.8, 4) is 0 Å². The summed E-state index contributed by atoms with van der Waals surface area (Å²) in [5.74, 6) is -1.04. The van der Waals surface area contributed by atoms with E-state index in [1.165, 1.54) is 18.3 Å². The lowest BCUT2D eigenvalue weighted by atomic mass is 10.0. The van der Waals surface area contributed by atoms with Crippen molar-refractivity contribution in [2.24, 2.45) is 0 Å². The molecule has 0 aliphatic heterocycles. The summed E-state index contributed by atoms with van der Waals surface area (Å²) in [6.45, 7) is 0. The van der Waals surface area contributed by atoms with Gasteiger partial charge in [-0.2, -0.15) is 0 Å². The number of nitrogens with zero attached hydrogens (tertiary/aromatic N) is 2. The third kappa shape index (κ3) is 2.08. The smallest absolute Gasteiger partial charge is 0.214 e. The molecule has 0 saturated heterocycles. The molecule has 19 heavy (non-hydrogen) atoms. The lowest BCUT2D eigenvalue weighted by Gasteiger charge is -2.03. The van der Waals surface area contributed by atoms with E-state index < -0.39 is 11.6 Å². The van der Waals surface area contributed by atoms with E-state index in [2.05, 4.69) is 9.97 Å². The maximum atomic E-state index is 13.5. The van der Waals surface area contributed by atoms with Crippen molar-refractivity contribution >= 4 is 16.7 Å². The van der Waals surface area contributed by atoms with Gasteiger partial charge in [0.05, 0.1) is 5.52 Å². The maximum absolute atomic E-state index is 13.5. The highest BCUT2D eigenvalue weighted by molar-refractivity contribution is 6.09. The molecule has 0 aliphatic carbocycles. The molecule has 0 atom stereocenters. The van der Waals surface area contributed by atoms with Gasteiger partial charge in [0, 0.05) is 23.3 Å². The topological polar surface area (TPSA) is 42.9 Å². The molecule has 0 fully saturated rings. The Balaban J connectivity index is 2.09. The zero-order valence-electron chi connectivity index (χ0n) is 9.88. The van der Waals surface area contributed by atoms with Crippen molar-refractivity contribution in [1.82, 2.24) is 9.97 Å². The van der Waals surface area contributed by atoms with Crippen molar-refractivity contribution < 1.29 is 9.18 Å². The molecule has 0 saturated carbocycles. The van der Waals surface area contributed by atoms with Gasteiger partial charge in [-0.25, -0.2) is 9.37 Å². The minimum absolute atomic E-state index is 0.161. The fourth-order valence-corrected chi connectivity index (χ4v) is 1.91. The van der Waals surface area contributed by atoms with Crippen LogP contribution in [0.3, 0.4) is 0 Å². The normalized spacial score (nSPS) is 10.6. The number of hydrogen-bond acceptors (Lipinski definition) is 3.